The molecule has 0 spiro atoms. The van der Waals surface area contributed by atoms with Crippen molar-refractivity contribution in [3.63, 3.8) is 0 Å². The fraction of sp³-hybridized carbons (Fsp3) is 0.809. The van der Waals surface area contributed by atoms with Gasteiger partial charge in [-0.1, -0.05) is 436 Å². The maximum atomic E-state index is 5.37. The average molecular weight is 1340 g/mol. The fourth-order valence-corrected chi connectivity index (χ4v) is 13.2. The number of ether oxygens (including phenoxy) is 2. The first-order valence-corrected chi connectivity index (χ1v) is 43.2. The van der Waals surface area contributed by atoms with Crippen molar-refractivity contribution in [3.05, 3.63) is 95.6 Å². The second kappa shape index (κ2) is 82.9. The number of unbranched alkanes of at least 4 members (excludes halogenated alkanes) is 48. The molecule has 0 saturated carbocycles. The van der Waals surface area contributed by atoms with Crippen molar-refractivity contribution < 1.29 is 9.47 Å². The molecule has 1 unspecified atom stereocenters. The Hall–Kier alpha value is -2.74. The van der Waals surface area contributed by atoms with Crippen molar-refractivity contribution in [2.75, 3.05) is 14.2 Å². The van der Waals surface area contributed by atoms with Crippen molar-refractivity contribution in [2.45, 2.75) is 480 Å². The molecule has 0 radical (unpaired) electrons. The Morgan fingerprint density at radius 3 is 0.781 bits per heavy atom. The highest BCUT2D eigenvalue weighted by molar-refractivity contribution is 5.32. The molecule has 2 aromatic carbocycles. The van der Waals surface area contributed by atoms with Crippen LogP contribution >= 0.6 is 0 Å². The molecule has 564 valence electrons. The summed E-state index contributed by atoms with van der Waals surface area (Å²) in [5.74, 6) is 1.88. The highest BCUT2D eigenvalue weighted by Gasteiger charge is 2.26. The van der Waals surface area contributed by atoms with E-state index < -0.39 is 0 Å². The fourth-order valence-electron chi connectivity index (χ4n) is 13.2. The molecule has 0 amide bonds. The zero-order valence-electron chi connectivity index (χ0n) is 68.2. The van der Waals surface area contributed by atoms with E-state index in [-0.39, 0.29) is 0 Å². The zero-order chi connectivity index (χ0) is 71.0. The smallest absolute Gasteiger partial charge is 0.118 e. The van der Waals surface area contributed by atoms with Gasteiger partial charge in [-0.25, -0.2) is 0 Å². The van der Waals surface area contributed by atoms with Gasteiger partial charge in [0.05, 0.1) is 14.2 Å². The summed E-state index contributed by atoms with van der Waals surface area (Å²) < 4.78 is 10.3. The molecule has 2 rings (SSSR count). The number of benzene rings is 2. The van der Waals surface area contributed by atoms with Crippen molar-refractivity contribution in [2.24, 2.45) is 0 Å². The molecule has 0 N–H and O–H groups in total. The minimum atomic E-state index is 0.319. The molecule has 0 aliphatic heterocycles. The molecule has 0 fully saturated rings. The van der Waals surface area contributed by atoms with Gasteiger partial charge >= 0.3 is 0 Å². The van der Waals surface area contributed by atoms with Crippen molar-refractivity contribution in [3.8, 4) is 11.5 Å². The number of hydrogen-bond donors (Lipinski definition) is 0. The summed E-state index contributed by atoms with van der Waals surface area (Å²) in [4.78, 5) is 0. The first kappa shape index (κ1) is 97.4. The summed E-state index contributed by atoms with van der Waals surface area (Å²) in [6.45, 7) is 29.7. The third-order valence-corrected chi connectivity index (χ3v) is 20.1. The number of methoxy groups -OCH3 is 2. The summed E-state index contributed by atoms with van der Waals surface area (Å²) in [6.07, 6.45) is 91.8. The van der Waals surface area contributed by atoms with Gasteiger partial charge in [0.1, 0.15) is 11.5 Å². The third-order valence-electron chi connectivity index (χ3n) is 20.1. The van der Waals surface area contributed by atoms with Crippen molar-refractivity contribution in [1.29, 1.82) is 0 Å². The Morgan fingerprint density at radius 2 is 0.521 bits per heavy atom. The largest absolute Gasteiger partial charge is 0.497 e. The Labute approximate surface area is 607 Å². The van der Waals surface area contributed by atoms with Gasteiger partial charge in [-0.15, -0.1) is 0 Å². The van der Waals surface area contributed by atoms with E-state index in [2.05, 4.69) is 119 Å². The van der Waals surface area contributed by atoms with Gasteiger partial charge in [-0.05, 0) is 139 Å². The van der Waals surface area contributed by atoms with Crippen molar-refractivity contribution in [1.82, 2.24) is 0 Å². The quantitative estimate of drug-likeness (QED) is 0.0485. The lowest BCUT2D eigenvalue weighted by atomic mass is 9.74. The second-order valence-corrected chi connectivity index (χ2v) is 30.0. The normalized spacial score (nSPS) is 11.9. The van der Waals surface area contributed by atoms with Crippen LogP contribution < -0.4 is 9.47 Å². The molecule has 1 atom stereocenters. The second-order valence-electron chi connectivity index (χ2n) is 30.0. The van der Waals surface area contributed by atoms with Crippen LogP contribution in [-0.2, 0) is 5.41 Å². The Kier molecular flexibility index (Phi) is 84.2. The summed E-state index contributed by atoms with van der Waals surface area (Å²) >= 11 is 0. The van der Waals surface area contributed by atoms with Crippen LogP contribution in [0.5, 0.6) is 11.5 Å². The van der Waals surface area contributed by atoms with E-state index in [1.165, 1.54) is 409 Å². The third kappa shape index (κ3) is 75.5. The Morgan fingerprint density at radius 1 is 0.292 bits per heavy atom. The van der Waals surface area contributed by atoms with Crippen LogP contribution in [0.4, 0.5) is 0 Å². The highest BCUT2D eigenvalue weighted by atomic mass is 16.5. The predicted octanol–water partition coefficient (Wildman–Crippen LogP) is 34.4. The van der Waals surface area contributed by atoms with Gasteiger partial charge in [0.2, 0.25) is 0 Å². The predicted molar refractivity (Wildman–Crippen MR) is 442 cm³/mol. The topological polar surface area (TPSA) is 18.5 Å². The molecule has 0 aliphatic rings. The highest BCUT2D eigenvalue weighted by Crippen LogP contribution is 2.37. The van der Waals surface area contributed by atoms with Gasteiger partial charge < -0.3 is 9.47 Å². The minimum absolute atomic E-state index is 0.319. The monoisotopic (exact) mass is 1340 g/mol. The Bertz CT molecular complexity index is 1800. The maximum absolute atomic E-state index is 5.37. The van der Waals surface area contributed by atoms with Crippen LogP contribution in [0.2, 0.25) is 0 Å². The van der Waals surface area contributed by atoms with Crippen LogP contribution in [0, 0.1) is 0 Å². The number of rotatable bonds is 65. The molecular weight excluding hydrogens is 1160 g/mol. The lowest BCUT2D eigenvalue weighted by Gasteiger charge is -2.31. The van der Waals surface area contributed by atoms with E-state index in [1.807, 2.05) is 30.3 Å². The molecule has 0 saturated heterocycles. The van der Waals surface area contributed by atoms with E-state index >= 15 is 0 Å². The van der Waals surface area contributed by atoms with Gasteiger partial charge in [0.25, 0.3) is 0 Å². The average Bonchev–Trinajstić information content (AvgIpc) is 0.946. The zero-order valence-corrected chi connectivity index (χ0v) is 68.2. The van der Waals surface area contributed by atoms with Gasteiger partial charge in [0.15, 0.2) is 0 Å². The SMILES string of the molecule is C=C(CCCCCCCC)CCCCCCCCCC.CCCCCCC/C=C(/C)CCCCCCCCCC.CCCCCCCCC/C=C(/C)CCCCCCCC.CCCCCCCCCCC(C)(CCCCCCCC)c1ccc(OC)cc1.COc1ccccc1. The van der Waals surface area contributed by atoms with Gasteiger partial charge in [-0.3, -0.25) is 0 Å². The summed E-state index contributed by atoms with van der Waals surface area (Å²) in [7, 11) is 3.42. The van der Waals surface area contributed by atoms with Crippen LogP contribution in [-0.4, -0.2) is 14.2 Å². The number of hydrogen-bond acceptors (Lipinski definition) is 2. The number of para-hydroxylation sites is 1. The molecule has 0 heterocycles. The summed E-state index contributed by atoms with van der Waals surface area (Å²) in [5.41, 5.74) is 6.59. The van der Waals surface area contributed by atoms with Crippen LogP contribution in [0.1, 0.15) is 480 Å². The summed E-state index contributed by atoms with van der Waals surface area (Å²) in [5, 5.41) is 0. The minimum Gasteiger partial charge on any atom is -0.497 e. The molecule has 96 heavy (non-hydrogen) atoms. The number of allylic oxidation sites excluding steroid dienone is 5. The van der Waals surface area contributed by atoms with Crippen LogP contribution in [0.15, 0.2) is 90.0 Å². The molecule has 0 aliphatic carbocycles. The van der Waals surface area contributed by atoms with E-state index in [1.54, 1.807) is 25.4 Å². The summed E-state index contributed by atoms with van der Waals surface area (Å²) in [6, 6.07) is 18.6. The first-order valence-electron chi connectivity index (χ1n) is 43.2. The Balaban J connectivity index is -0.00000116. The lowest BCUT2D eigenvalue weighted by molar-refractivity contribution is 0.361. The molecule has 0 bridgehead atoms. The van der Waals surface area contributed by atoms with Crippen LogP contribution in [0.3, 0.4) is 0 Å². The van der Waals surface area contributed by atoms with Gasteiger partial charge in [0, 0.05) is 0 Å². The van der Waals surface area contributed by atoms with E-state index in [0.29, 0.717) is 5.41 Å². The van der Waals surface area contributed by atoms with Crippen LogP contribution in [0.25, 0.3) is 0 Å². The molecule has 2 heteroatoms. The lowest BCUT2D eigenvalue weighted by Crippen LogP contribution is -2.22. The van der Waals surface area contributed by atoms with E-state index in [9.17, 15) is 0 Å². The standard InChI is InChI=1S/C27H48O.3C20H40.C7H8O/c1-5-7-9-11-13-14-16-18-24-27(3,23-17-15-12-10-8-6-2)25-19-21-26(28-4)22-20-25;3*1-4-6-8-10-12-13-15-17-19-20(3)18-16-14-11-9-7-5-2;1-8-7-5-3-2-4-6-7/h19-22H,5-18,23-24H2,1-4H3;19H,4-18H2,1-3H3;18H,4-17,19H2,1-3H3;3-19H2,1-2H3;2-6H,1H3/b;20-19-;20-18-;;. The molecule has 2 aromatic rings. The maximum Gasteiger partial charge on any atom is 0.118 e. The molecular formula is C94H176O2. The van der Waals surface area contributed by atoms with Crippen molar-refractivity contribution >= 4 is 0 Å². The van der Waals surface area contributed by atoms with Gasteiger partial charge in [-0.2, -0.15) is 0 Å². The first-order chi connectivity index (χ1) is 47.0. The molecule has 2 nitrogen and oxygen atoms in total. The van der Waals surface area contributed by atoms with E-state index in [4.69, 9.17) is 9.47 Å². The van der Waals surface area contributed by atoms with E-state index in [0.717, 1.165) is 11.5 Å². The molecule has 0 aromatic heterocycles.